The minimum atomic E-state index is -4.48. The van der Waals surface area contributed by atoms with Gasteiger partial charge in [0.2, 0.25) is 0 Å². The van der Waals surface area contributed by atoms with Crippen molar-refractivity contribution < 1.29 is 28.8 Å². The molecule has 3 nitrogen and oxygen atoms in total. The summed E-state index contributed by atoms with van der Waals surface area (Å²) in [5.74, 6) is 0.931. The Hall–Kier alpha value is 2.79. The van der Waals surface area contributed by atoms with E-state index in [2.05, 4.69) is 0 Å². The second kappa shape index (κ2) is 13.1. The first kappa shape index (κ1) is 22.8. The summed E-state index contributed by atoms with van der Waals surface area (Å²) >= 11 is 30.1. The molecular formula is C9H15Cl7O3Zr. The predicted molar refractivity (Wildman–Crippen MR) is 84.0 cm³/mol. The molecule has 20 heavy (non-hydrogen) atoms. The molecule has 0 radical (unpaired) electrons. The molecule has 0 fully saturated rings. The first-order chi connectivity index (χ1) is 9.36. The summed E-state index contributed by atoms with van der Waals surface area (Å²) < 4.78 is 16.4. The Labute approximate surface area is 159 Å². The molecule has 0 bridgehead atoms. The van der Waals surface area contributed by atoms with Crippen molar-refractivity contribution in [3.63, 3.8) is 0 Å². The van der Waals surface area contributed by atoms with E-state index in [9.17, 15) is 0 Å². The fraction of sp³-hybridized carbons (Fsp3) is 1.00. The third-order valence-electron chi connectivity index (χ3n) is 1.81. The Morgan fingerprint density at radius 2 is 0.900 bits per heavy atom. The topological polar surface area (TPSA) is 27.7 Å². The van der Waals surface area contributed by atoms with Crippen LogP contribution in [0.25, 0.3) is 0 Å². The van der Waals surface area contributed by atoms with Crippen molar-refractivity contribution in [3.05, 3.63) is 0 Å². The van der Waals surface area contributed by atoms with Crippen LogP contribution < -0.4 is 0 Å². The molecule has 122 valence electrons. The maximum absolute atomic E-state index is 6.29. The van der Waals surface area contributed by atoms with Crippen LogP contribution in [-0.2, 0) is 28.8 Å². The zero-order valence-electron chi connectivity index (χ0n) is 10.3. The molecule has 11 heteroatoms. The van der Waals surface area contributed by atoms with Gasteiger partial charge in [-0.05, 0) is 0 Å². The molecule has 0 aromatic carbocycles. The Balaban J connectivity index is 4.64. The van der Waals surface area contributed by atoms with E-state index in [1.54, 1.807) is 0 Å². The summed E-state index contributed by atoms with van der Waals surface area (Å²) in [5, 5.41) is 0. The molecule has 0 amide bonds. The van der Waals surface area contributed by atoms with Gasteiger partial charge in [-0.3, -0.25) is 0 Å². The first-order valence-electron chi connectivity index (χ1n) is 5.69. The molecule has 0 aromatic heterocycles. The molecule has 0 aliphatic heterocycles. The van der Waals surface area contributed by atoms with Crippen molar-refractivity contribution >= 4 is 78.1 Å². The molecule has 0 heterocycles. The van der Waals surface area contributed by atoms with Crippen molar-refractivity contribution in [1.29, 1.82) is 0 Å². The van der Waals surface area contributed by atoms with Gasteiger partial charge < -0.3 is 0 Å². The van der Waals surface area contributed by atoms with E-state index in [4.69, 9.17) is 86.6 Å². The van der Waals surface area contributed by atoms with Crippen molar-refractivity contribution in [2.24, 2.45) is 0 Å². The van der Waals surface area contributed by atoms with Gasteiger partial charge >= 0.3 is 161 Å². The second-order valence-electron chi connectivity index (χ2n) is 3.50. The first-order valence-corrected chi connectivity index (χ1v) is 14.8. The number of halogens is 7. The quantitative estimate of drug-likeness (QED) is 0.317. The minimum absolute atomic E-state index is 0.310. The van der Waals surface area contributed by atoms with Gasteiger partial charge in [-0.25, -0.2) is 0 Å². The maximum atomic E-state index is 6.29. The van der Waals surface area contributed by atoms with Crippen molar-refractivity contribution in [2.75, 3.05) is 17.6 Å². The fourth-order valence-corrected chi connectivity index (χ4v) is 10.6. The van der Waals surface area contributed by atoms with Crippen LogP contribution in [0.1, 0.15) is 19.3 Å². The molecule has 3 atom stereocenters. The van der Waals surface area contributed by atoms with Gasteiger partial charge in [0.25, 0.3) is 0 Å². The SMILES string of the molecule is ClCCC(Cl)[O][Zr]([Cl])([O]C(Cl)CCCl)[O]C(Cl)CCCl. The monoisotopic (exact) mass is 506 g/mol. The average molecular weight is 511 g/mol. The van der Waals surface area contributed by atoms with E-state index in [0.29, 0.717) is 36.9 Å². The van der Waals surface area contributed by atoms with E-state index in [1.165, 1.54) is 0 Å². The Morgan fingerprint density at radius 3 is 1.10 bits per heavy atom. The van der Waals surface area contributed by atoms with Gasteiger partial charge in [0.1, 0.15) is 0 Å². The molecule has 0 saturated carbocycles. The molecule has 0 aliphatic rings. The summed E-state index contributed by atoms with van der Waals surface area (Å²) in [4.78, 5) is 0. The van der Waals surface area contributed by atoms with Gasteiger partial charge in [-0.2, -0.15) is 0 Å². The number of hydrogen-bond donors (Lipinski definition) is 0. The normalized spacial score (nSPS) is 19.4. The Bertz CT molecular complexity index is 216. The van der Waals surface area contributed by atoms with E-state index in [0.717, 1.165) is 0 Å². The van der Waals surface area contributed by atoms with Gasteiger partial charge in [0, 0.05) is 0 Å². The van der Waals surface area contributed by atoms with Crippen LogP contribution in [0.4, 0.5) is 0 Å². The van der Waals surface area contributed by atoms with Crippen molar-refractivity contribution in [3.8, 4) is 0 Å². The van der Waals surface area contributed by atoms with Crippen LogP contribution in [0, 0.1) is 0 Å². The van der Waals surface area contributed by atoms with Gasteiger partial charge in [-0.15, -0.1) is 0 Å². The molecule has 0 rings (SSSR count). The van der Waals surface area contributed by atoms with Crippen LogP contribution in [0.15, 0.2) is 0 Å². The van der Waals surface area contributed by atoms with E-state index in [1.807, 2.05) is 0 Å². The van der Waals surface area contributed by atoms with Crippen LogP contribution >= 0.6 is 78.1 Å². The van der Waals surface area contributed by atoms with Crippen LogP contribution in [0.5, 0.6) is 0 Å². The second-order valence-corrected chi connectivity index (χ2v) is 12.9. The van der Waals surface area contributed by atoms with E-state index >= 15 is 0 Å². The third-order valence-corrected chi connectivity index (χ3v) is 10.2. The van der Waals surface area contributed by atoms with E-state index < -0.39 is 37.1 Å². The zero-order valence-corrected chi connectivity index (χ0v) is 18.1. The van der Waals surface area contributed by atoms with Gasteiger partial charge in [-0.1, -0.05) is 0 Å². The molecule has 0 spiro atoms. The summed E-state index contributed by atoms with van der Waals surface area (Å²) in [6, 6.07) is 0. The number of alkyl halides is 6. The van der Waals surface area contributed by atoms with Crippen molar-refractivity contribution in [1.82, 2.24) is 0 Å². The number of hydrogen-bond acceptors (Lipinski definition) is 3. The predicted octanol–water partition coefficient (Wildman–Crippen LogP) is 5.67. The molecular weight excluding hydrogens is 495 g/mol. The molecule has 3 unspecified atom stereocenters. The summed E-state index contributed by atoms with van der Waals surface area (Å²) in [5.41, 5.74) is -2.21. The van der Waals surface area contributed by atoms with Gasteiger partial charge in [0.15, 0.2) is 0 Å². The molecule has 0 aromatic rings. The van der Waals surface area contributed by atoms with E-state index in [-0.39, 0.29) is 0 Å². The zero-order chi connectivity index (χ0) is 15.6. The Morgan fingerprint density at radius 1 is 0.650 bits per heavy atom. The summed E-state index contributed by atoms with van der Waals surface area (Å²) in [6.45, 7) is 0. The summed E-state index contributed by atoms with van der Waals surface area (Å²) in [6.07, 6.45) is 1.14. The van der Waals surface area contributed by atoms with Crippen molar-refractivity contribution in [2.45, 2.75) is 36.0 Å². The molecule has 0 aliphatic carbocycles. The van der Waals surface area contributed by atoms with Crippen LogP contribution in [0.3, 0.4) is 0 Å². The number of rotatable bonds is 12. The van der Waals surface area contributed by atoms with Crippen LogP contribution in [0.2, 0.25) is 0 Å². The fourth-order valence-electron chi connectivity index (χ4n) is 0.976. The molecule has 0 N–H and O–H groups in total. The standard InChI is InChI=1S/3C3H5Cl2O.ClH.Zr/c3*4-2-1-3(5)6;;/h3*3H,1-2H2;1H;/q3*-1;;+4/p-1. The van der Waals surface area contributed by atoms with Gasteiger partial charge in [0.05, 0.1) is 0 Å². The van der Waals surface area contributed by atoms with Crippen LogP contribution in [-0.4, -0.2) is 34.3 Å². The Kier molecular flexibility index (Phi) is 15.0. The molecule has 0 saturated heterocycles. The third kappa shape index (κ3) is 11.3. The average Bonchev–Trinajstić information content (AvgIpc) is 2.28. The summed E-state index contributed by atoms with van der Waals surface area (Å²) in [7, 11) is 6.29.